The van der Waals surface area contributed by atoms with Crippen molar-refractivity contribution in [2.24, 2.45) is 0 Å². The maximum atomic E-state index is 5.64. The van der Waals surface area contributed by atoms with E-state index >= 15 is 0 Å². The van der Waals surface area contributed by atoms with E-state index in [1.165, 1.54) is 11.3 Å². The summed E-state index contributed by atoms with van der Waals surface area (Å²) < 4.78 is 21.9. The van der Waals surface area contributed by atoms with Crippen LogP contribution in [0.3, 0.4) is 0 Å². The van der Waals surface area contributed by atoms with Gasteiger partial charge in [0.15, 0.2) is 11.5 Å². The van der Waals surface area contributed by atoms with Gasteiger partial charge in [0.25, 0.3) is 5.89 Å². The van der Waals surface area contributed by atoms with E-state index in [9.17, 15) is 0 Å². The van der Waals surface area contributed by atoms with Crippen molar-refractivity contribution in [1.82, 2.24) is 10.2 Å². The Hall–Kier alpha value is -2.74. The van der Waals surface area contributed by atoms with Crippen LogP contribution in [0.5, 0.6) is 17.2 Å². The molecule has 0 saturated carbocycles. The molecule has 0 aliphatic carbocycles. The Bertz CT molecular complexity index is 830. The summed E-state index contributed by atoms with van der Waals surface area (Å²) in [7, 11) is 1.61. The molecular formula is C15H13N3O4S. The summed E-state index contributed by atoms with van der Waals surface area (Å²) in [6, 6.07) is 7.70. The number of nitrogens with one attached hydrogen (secondary N) is 1. The molecule has 3 heterocycles. The first-order chi connectivity index (χ1) is 11.3. The van der Waals surface area contributed by atoms with Crippen LogP contribution in [-0.2, 0) is 0 Å². The summed E-state index contributed by atoms with van der Waals surface area (Å²) in [4.78, 5) is 0.801. The van der Waals surface area contributed by atoms with Crippen molar-refractivity contribution in [2.45, 2.75) is 0 Å². The fourth-order valence-electron chi connectivity index (χ4n) is 2.22. The lowest BCUT2D eigenvalue weighted by molar-refractivity contribution is 0.171. The molecule has 118 valence electrons. The smallest absolute Gasteiger partial charge is 0.320 e. The van der Waals surface area contributed by atoms with Gasteiger partial charge in [-0.05, 0) is 23.6 Å². The van der Waals surface area contributed by atoms with Gasteiger partial charge in [0.2, 0.25) is 0 Å². The van der Waals surface area contributed by atoms with Crippen LogP contribution in [0, 0.1) is 0 Å². The third-order valence-electron chi connectivity index (χ3n) is 3.26. The number of aromatic nitrogens is 2. The third-order valence-corrected chi connectivity index (χ3v) is 4.15. The Morgan fingerprint density at radius 2 is 2.00 bits per heavy atom. The van der Waals surface area contributed by atoms with E-state index in [2.05, 4.69) is 15.5 Å². The zero-order valence-corrected chi connectivity index (χ0v) is 13.1. The van der Waals surface area contributed by atoms with Crippen molar-refractivity contribution < 1.29 is 18.6 Å². The molecule has 23 heavy (non-hydrogen) atoms. The molecule has 1 aliphatic rings. The molecule has 7 nitrogen and oxygen atoms in total. The quantitative estimate of drug-likeness (QED) is 0.785. The highest BCUT2D eigenvalue weighted by Crippen LogP contribution is 2.36. The standard InChI is InChI=1S/C15H13N3O4S/c1-19-11-4-7-23-13(11)14-17-18-15(22-14)16-9-2-3-10-12(8-9)21-6-5-20-10/h2-4,7-8H,5-6H2,1H3,(H,16,18). The zero-order valence-electron chi connectivity index (χ0n) is 12.2. The number of hydrogen-bond donors (Lipinski definition) is 1. The van der Waals surface area contributed by atoms with Crippen LogP contribution in [0.1, 0.15) is 0 Å². The summed E-state index contributed by atoms with van der Waals surface area (Å²) >= 11 is 1.48. The molecule has 2 aromatic heterocycles. The van der Waals surface area contributed by atoms with Gasteiger partial charge >= 0.3 is 6.01 Å². The number of nitrogens with zero attached hydrogens (tertiary/aromatic N) is 2. The second-order valence-corrected chi connectivity index (χ2v) is 5.63. The SMILES string of the molecule is COc1ccsc1-c1nnc(Nc2ccc3c(c2)OCCO3)o1. The normalized spacial score (nSPS) is 12.9. The first-order valence-corrected chi connectivity index (χ1v) is 7.83. The van der Waals surface area contributed by atoms with E-state index in [1.807, 2.05) is 29.6 Å². The number of ether oxygens (including phenoxy) is 3. The molecule has 1 aliphatic heterocycles. The van der Waals surface area contributed by atoms with Crippen molar-refractivity contribution >= 4 is 23.0 Å². The summed E-state index contributed by atoms with van der Waals surface area (Å²) in [5.41, 5.74) is 0.780. The maximum absolute atomic E-state index is 5.64. The van der Waals surface area contributed by atoms with Gasteiger partial charge in [-0.3, -0.25) is 0 Å². The zero-order chi connectivity index (χ0) is 15.6. The number of rotatable bonds is 4. The van der Waals surface area contributed by atoms with Gasteiger partial charge in [0.05, 0.1) is 7.11 Å². The lowest BCUT2D eigenvalue weighted by atomic mass is 10.2. The van der Waals surface area contributed by atoms with Crippen LogP contribution in [0.15, 0.2) is 34.1 Å². The van der Waals surface area contributed by atoms with Crippen LogP contribution in [-0.4, -0.2) is 30.5 Å². The van der Waals surface area contributed by atoms with Crippen LogP contribution in [0.4, 0.5) is 11.7 Å². The van der Waals surface area contributed by atoms with E-state index in [0.717, 1.165) is 16.3 Å². The molecule has 8 heteroatoms. The van der Waals surface area contributed by atoms with E-state index in [4.69, 9.17) is 18.6 Å². The predicted molar refractivity (Wildman–Crippen MR) is 84.9 cm³/mol. The van der Waals surface area contributed by atoms with Gasteiger partial charge in [-0.2, -0.15) is 0 Å². The molecule has 1 aromatic carbocycles. The number of methoxy groups -OCH3 is 1. The van der Waals surface area contributed by atoms with E-state index in [1.54, 1.807) is 7.11 Å². The van der Waals surface area contributed by atoms with Gasteiger partial charge < -0.3 is 23.9 Å². The van der Waals surface area contributed by atoms with Crippen LogP contribution < -0.4 is 19.5 Å². The van der Waals surface area contributed by atoms with E-state index < -0.39 is 0 Å². The lowest BCUT2D eigenvalue weighted by Crippen LogP contribution is -2.15. The minimum absolute atomic E-state index is 0.298. The van der Waals surface area contributed by atoms with Gasteiger partial charge in [-0.15, -0.1) is 16.4 Å². The molecule has 0 saturated heterocycles. The molecule has 0 atom stereocenters. The summed E-state index contributed by atoms with van der Waals surface area (Å²) in [5, 5.41) is 13.0. The van der Waals surface area contributed by atoms with E-state index in [-0.39, 0.29) is 0 Å². The van der Waals surface area contributed by atoms with Crippen LogP contribution in [0.2, 0.25) is 0 Å². The Balaban J connectivity index is 1.56. The Labute approximate surface area is 135 Å². The fourth-order valence-corrected chi connectivity index (χ4v) is 3.00. The third kappa shape index (κ3) is 2.68. The topological polar surface area (TPSA) is 78.6 Å². The largest absolute Gasteiger partial charge is 0.495 e. The second kappa shape index (κ2) is 5.81. The summed E-state index contributed by atoms with van der Waals surface area (Å²) in [5.74, 6) is 2.55. The highest BCUT2D eigenvalue weighted by atomic mass is 32.1. The first kappa shape index (κ1) is 13.9. The first-order valence-electron chi connectivity index (χ1n) is 6.95. The van der Waals surface area contributed by atoms with Gasteiger partial charge in [0, 0.05) is 11.8 Å². The van der Waals surface area contributed by atoms with Crippen molar-refractivity contribution in [2.75, 3.05) is 25.6 Å². The van der Waals surface area contributed by atoms with Crippen molar-refractivity contribution in [1.29, 1.82) is 0 Å². The molecule has 0 bridgehead atoms. The van der Waals surface area contributed by atoms with Gasteiger partial charge in [-0.25, -0.2) is 0 Å². The van der Waals surface area contributed by atoms with Crippen LogP contribution >= 0.6 is 11.3 Å². The Morgan fingerprint density at radius 3 is 2.87 bits per heavy atom. The highest BCUT2D eigenvalue weighted by Gasteiger charge is 2.16. The Kier molecular flexibility index (Phi) is 3.51. The minimum atomic E-state index is 0.298. The molecule has 4 rings (SSSR count). The van der Waals surface area contributed by atoms with Crippen LogP contribution in [0.25, 0.3) is 10.8 Å². The summed E-state index contributed by atoms with van der Waals surface area (Å²) in [6.45, 7) is 1.11. The number of fused-ring (bicyclic) bond motifs is 1. The minimum Gasteiger partial charge on any atom is -0.495 e. The lowest BCUT2D eigenvalue weighted by Gasteiger charge is -2.18. The molecule has 1 N–H and O–H groups in total. The van der Waals surface area contributed by atoms with E-state index in [0.29, 0.717) is 36.6 Å². The monoisotopic (exact) mass is 331 g/mol. The molecule has 0 spiro atoms. The Morgan fingerprint density at radius 1 is 1.13 bits per heavy atom. The highest BCUT2D eigenvalue weighted by molar-refractivity contribution is 7.13. The fraction of sp³-hybridized carbons (Fsp3) is 0.200. The number of anilines is 2. The van der Waals surface area contributed by atoms with Crippen molar-refractivity contribution in [3.63, 3.8) is 0 Å². The van der Waals surface area contributed by atoms with Gasteiger partial charge in [0.1, 0.15) is 23.8 Å². The summed E-state index contributed by atoms with van der Waals surface area (Å²) in [6.07, 6.45) is 0. The number of thiophene rings is 1. The average molecular weight is 331 g/mol. The number of hydrogen-bond acceptors (Lipinski definition) is 8. The second-order valence-electron chi connectivity index (χ2n) is 4.71. The van der Waals surface area contributed by atoms with Crippen molar-refractivity contribution in [3.8, 4) is 28.0 Å². The predicted octanol–water partition coefficient (Wildman–Crippen LogP) is 3.32. The molecular weight excluding hydrogens is 318 g/mol. The molecule has 0 radical (unpaired) electrons. The molecule has 0 amide bonds. The maximum Gasteiger partial charge on any atom is 0.320 e. The molecule has 0 fully saturated rings. The van der Waals surface area contributed by atoms with Gasteiger partial charge in [-0.1, -0.05) is 5.10 Å². The molecule has 0 unspecified atom stereocenters. The average Bonchev–Trinajstić information content (AvgIpc) is 3.23. The molecule has 3 aromatic rings. The van der Waals surface area contributed by atoms with Crippen molar-refractivity contribution in [3.05, 3.63) is 29.6 Å². The number of benzene rings is 1.